The molecule has 0 spiro atoms. The van der Waals surface area contributed by atoms with Gasteiger partial charge in [0.05, 0.1) is 6.26 Å². The second-order valence-electron chi connectivity index (χ2n) is 5.07. The number of rotatable bonds is 5. The lowest BCUT2D eigenvalue weighted by atomic mass is 10.1. The van der Waals surface area contributed by atoms with Crippen molar-refractivity contribution < 1.29 is 13.6 Å². The number of nitrogens with zero attached hydrogens (tertiary/aromatic N) is 2. The summed E-state index contributed by atoms with van der Waals surface area (Å²) in [5.74, 6) is -0.652. The molecule has 0 atom stereocenters. The molecule has 2 heterocycles. The number of nitrogens with one attached hydrogen (secondary N) is 1. The highest BCUT2D eigenvalue weighted by atomic mass is 16.4. The molecule has 0 radical (unpaired) electrons. The fourth-order valence-corrected chi connectivity index (χ4v) is 2.00. The first-order chi connectivity index (χ1) is 11.1. The Hall–Kier alpha value is -3.09. The van der Waals surface area contributed by atoms with Gasteiger partial charge in [0.25, 0.3) is 5.89 Å². The minimum absolute atomic E-state index is 0.0475. The molecular formula is C16H15N3O4. The smallest absolute Gasteiger partial charge is 0.437 e. The second kappa shape index (κ2) is 6.35. The average Bonchev–Trinajstić information content (AvgIpc) is 3.17. The van der Waals surface area contributed by atoms with E-state index in [2.05, 4.69) is 10.4 Å². The molecule has 0 saturated carbocycles. The van der Waals surface area contributed by atoms with E-state index in [4.69, 9.17) is 8.83 Å². The van der Waals surface area contributed by atoms with Gasteiger partial charge in [-0.15, -0.1) is 5.10 Å². The zero-order valence-electron chi connectivity index (χ0n) is 12.5. The van der Waals surface area contributed by atoms with Crippen molar-refractivity contribution in [1.29, 1.82) is 0 Å². The van der Waals surface area contributed by atoms with Gasteiger partial charge in [-0.2, -0.15) is 4.68 Å². The predicted molar refractivity (Wildman–Crippen MR) is 81.5 cm³/mol. The molecule has 0 unspecified atom stereocenters. The quantitative estimate of drug-likeness (QED) is 0.774. The van der Waals surface area contributed by atoms with Crippen LogP contribution in [0.2, 0.25) is 0 Å². The third-order valence-electron chi connectivity index (χ3n) is 3.24. The molecule has 7 nitrogen and oxygen atoms in total. The first kappa shape index (κ1) is 14.8. The van der Waals surface area contributed by atoms with E-state index in [0.29, 0.717) is 12.3 Å². The third-order valence-corrected chi connectivity index (χ3v) is 3.24. The summed E-state index contributed by atoms with van der Waals surface area (Å²) in [6.45, 7) is 2.17. The number of aryl methyl sites for hydroxylation is 1. The van der Waals surface area contributed by atoms with E-state index >= 15 is 0 Å². The van der Waals surface area contributed by atoms with E-state index in [1.54, 1.807) is 12.1 Å². The van der Waals surface area contributed by atoms with Crippen molar-refractivity contribution in [3.8, 4) is 11.7 Å². The SMILES string of the molecule is Cc1ccc(CNC(=O)Cn2nc(-c3ccco3)oc2=O)cc1. The molecule has 3 aromatic rings. The first-order valence-corrected chi connectivity index (χ1v) is 7.06. The maximum Gasteiger partial charge on any atom is 0.437 e. The van der Waals surface area contributed by atoms with Crippen LogP contribution in [0.1, 0.15) is 11.1 Å². The van der Waals surface area contributed by atoms with Crippen molar-refractivity contribution in [3.05, 3.63) is 64.3 Å². The summed E-state index contributed by atoms with van der Waals surface area (Å²) >= 11 is 0. The van der Waals surface area contributed by atoms with Gasteiger partial charge in [-0.25, -0.2) is 4.79 Å². The highest BCUT2D eigenvalue weighted by Gasteiger charge is 2.14. The van der Waals surface area contributed by atoms with E-state index in [1.807, 2.05) is 31.2 Å². The normalized spacial score (nSPS) is 10.7. The number of carbonyl (C=O) groups excluding carboxylic acids is 1. The van der Waals surface area contributed by atoms with E-state index in [9.17, 15) is 9.59 Å². The van der Waals surface area contributed by atoms with Crippen LogP contribution in [-0.2, 0) is 17.9 Å². The van der Waals surface area contributed by atoms with Crippen molar-refractivity contribution in [2.45, 2.75) is 20.0 Å². The summed E-state index contributed by atoms with van der Waals surface area (Å²) in [5, 5.41) is 6.68. The van der Waals surface area contributed by atoms with Crippen LogP contribution in [0.15, 0.2) is 56.3 Å². The molecule has 23 heavy (non-hydrogen) atoms. The summed E-state index contributed by atoms with van der Waals surface area (Å²) in [5.41, 5.74) is 2.13. The molecule has 0 saturated heterocycles. The van der Waals surface area contributed by atoms with Gasteiger partial charge in [0, 0.05) is 6.54 Å². The van der Waals surface area contributed by atoms with Gasteiger partial charge >= 0.3 is 5.76 Å². The predicted octanol–water partition coefficient (Wildman–Crippen LogP) is 1.72. The highest BCUT2D eigenvalue weighted by Crippen LogP contribution is 2.14. The zero-order chi connectivity index (χ0) is 16.2. The minimum Gasteiger partial charge on any atom is -0.459 e. The molecule has 0 aliphatic heterocycles. The number of amides is 1. The molecule has 1 N–H and O–H groups in total. The van der Waals surface area contributed by atoms with Crippen molar-refractivity contribution in [1.82, 2.24) is 15.1 Å². The Bertz CT molecular complexity index is 844. The molecule has 1 aromatic carbocycles. The Morgan fingerprint density at radius 1 is 1.26 bits per heavy atom. The zero-order valence-corrected chi connectivity index (χ0v) is 12.5. The Morgan fingerprint density at radius 2 is 2.04 bits per heavy atom. The van der Waals surface area contributed by atoms with Crippen LogP contribution < -0.4 is 11.1 Å². The molecule has 7 heteroatoms. The van der Waals surface area contributed by atoms with E-state index < -0.39 is 5.76 Å². The van der Waals surface area contributed by atoms with Crippen LogP contribution >= 0.6 is 0 Å². The van der Waals surface area contributed by atoms with Crippen LogP contribution in [0.25, 0.3) is 11.7 Å². The lowest BCUT2D eigenvalue weighted by Gasteiger charge is -2.05. The van der Waals surface area contributed by atoms with Crippen LogP contribution in [0, 0.1) is 6.92 Å². The minimum atomic E-state index is -0.707. The fraction of sp³-hybridized carbons (Fsp3) is 0.188. The summed E-state index contributed by atoms with van der Waals surface area (Å²) in [7, 11) is 0. The van der Waals surface area contributed by atoms with Gasteiger partial charge in [-0.05, 0) is 24.6 Å². The van der Waals surface area contributed by atoms with Crippen molar-refractivity contribution in [3.63, 3.8) is 0 Å². The van der Waals surface area contributed by atoms with Crippen molar-refractivity contribution >= 4 is 5.91 Å². The first-order valence-electron chi connectivity index (χ1n) is 7.06. The van der Waals surface area contributed by atoms with Crippen molar-refractivity contribution in [2.24, 2.45) is 0 Å². The standard InChI is InChI=1S/C16H15N3O4/c1-11-4-6-12(7-5-11)9-17-14(20)10-19-16(21)23-15(18-19)13-3-2-8-22-13/h2-8H,9-10H2,1H3,(H,17,20). The van der Waals surface area contributed by atoms with Gasteiger partial charge in [-0.1, -0.05) is 29.8 Å². The van der Waals surface area contributed by atoms with E-state index in [0.717, 1.165) is 15.8 Å². The molecule has 0 aliphatic carbocycles. The average molecular weight is 313 g/mol. The van der Waals surface area contributed by atoms with Gasteiger partial charge in [0.1, 0.15) is 6.54 Å². The Balaban J connectivity index is 1.62. The molecule has 1 amide bonds. The van der Waals surface area contributed by atoms with E-state index in [-0.39, 0.29) is 18.3 Å². The maximum atomic E-state index is 11.9. The Labute approximate surface area is 131 Å². The highest BCUT2D eigenvalue weighted by molar-refractivity contribution is 5.75. The van der Waals surface area contributed by atoms with Crippen LogP contribution in [0.3, 0.4) is 0 Å². The molecule has 0 bridgehead atoms. The van der Waals surface area contributed by atoms with Gasteiger partial charge in [0.2, 0.25) is 5.91 Å². The number of hydrogen-bond acceptors (Lipinski definition) is 5. The van der Waals surface area contributed by atoms with Crippen LogP contribution in [0.4, 0.5) is 0 Å². The lowest BCUT2D eigenvalue weighted by Crippen LogP contribution is -2.31. The number of hydrogen-bond donors (Lipinski definition) is 1. The summed E-state index contributed by atoms with van der Waals surface area (Å²) in [6, 6.07) is 11.1. The number of aromatic nitrogens is 2. The summed E-state index contributed by atoms with van der Waals surface area (Å²) in [4.78, 5) is 23.6. The Kier molecular flexibility index (Phi) is 4.09. The van der Waals surface area contributed by atoms with Gasteiger partial charge in [0.15, 0.2) is 5.76 Å². The van der Waals surface area contributed by atoms with Crippen LogP contribution in [0.5, 0.6) is 0 Å². The maximum absolute atomic E-state index is 11.9. The summed E-state index contributed by atoms with van der Waals surface area (Å²) < 4.78 is 11.0. The fourth-order valence-electron chi connectivity index (χ4n) is 2.00. The van der Waals surface area contributed by atoms with Gasteiger partial charge in [-0.3, -0.25) is 4.79 Å². The number of furan rings is 1. The number of benzene rings is 1. The van der Waals surface area contributed by atoms with Gasteiger partial charge < -0.3 is 14.2 Å². The molecular weight excluding hydrogens is 298 g/mol. The number of carbonyl (C=O) groups is 1. The largest absolute Gasteiger partial charge is 0.459 e. The van der Waals surface area contributed by atoms with Crippen molar-refractivity contribution in [2.75, 3.05) is 0 Å². The van der Waals surface area contributed by atoms with Crippen LogP contribution in [-0.4, -0.2) is 15.7 Å². The molecule has 0 aliphatic rings. The molecule has 2 aromatic heterocycles. The monoisotopic (exact) mass is 313 g/mol. The second-order valence-corrected chi connectivity index (χ2v) is 5.07. The molecule has 118 valence electrons. The molecule has 0 fully saturated rings. The lowest BCUT2D eigenvalue weighted by molar-refractivity contribution is -0.122. The van der Waals surface area contributed by atoms with E-state index in [1.165, 1.54) is 6.26 Å². The summed E-state index contributed by atoms with van der Waals surface area (Å²) in [6.07, 6.45) is 1.45. The molecule has 3 rings (SSSR count). The Morgan fingerprint density at radius 3 is 2.74 bits per heavy atom. The topological polar surface area (TPSA) is 90.3 Å². The third kappa shape index (κ3) is 3.57.